The minimum atomic E-state index is -1.43. The van der Waals surface area contributed by atoms with Crippen LogP contribution in [0, 0.1) is 6.92 Å². The second-order valence-corrected chi connectivity index (χ2v) is 8.02. The average Bonchev–Trinajstić information content (AvgIpc) is 3.29. The lowest BCUT2D eigenvalue weighted by Crippen LogP contribution is -2.49. The molecule has 0 atom stereocenters. The summed E-state index contributed by atoms with van der Waals surface area (Å²) < 4.78 is 1.85. The first kappa shape index (κ1) is 20.5. The summed E-state index contributed by atoms with van der Waals surface area (Å²) in [4.78, 5) is 39.5. The van der Waals surface area contributed by atoms with Gasteiger partial charge in [-0.3, -0.25) is 15.0 Å². The fourth-order valence-corrected chi connectivity index (χ4v) is 4.43. The van der Waals surface area contributed by atoms with E-state index in [1.165, 1.54) is 0 Å². The molecular weight excluding hydrogens is 416 g/mol. The van der Waals surface area contributed by atoms with Gasteiger partial charge in [0.1, 0.15) is 6.54 Å². The van der Waals surface area contributed by atoms with Crippen molar-refractivity contribution in [3.63, 3.8) is 0 Å². The molecule has 0 bridgehead atoms. The quantitative estimate of drug-likeness (QED) is 0.468. The summed E-state index contributed by atoms with van der Waals surface area (Å²) >= 11 is 0. The van der Waals surface area contributed by atoms with E-state index in [0.717, 1.165) is 21.6 Å². The van der Waals surface area contributed by atoms with E-state index in [9.17, 15) is 14.4 Å². The molecule has 0 saturated carbocycles. The van der Waals surface area contributed by atoms with Gasteiger partial charge in [0, 0.05) is 11.2 Å². The lowest BCUT2D eigenvalue weighted by Gasteiger charge is -2.27. The Bertz CT molecular complexity index is 1320. The number of aryl methyl sites for hydroxylation is 1. The Morgan fingerprint density at radius 3 is 2.09 bits per heavy atom. The molecule has 4 aromatic rings. The number of nitrogens with one attached hydrogen (secondary N) is 2. The summed E-state index contributed by atoms with van der Waals surface area (Å²) in [6.07, 6.45) is 0. The first-order valence-electron chi connectivity index (χ1n) is 10.6. The monoisotopic (exact) mass is 438 g/mol. The molecule has 2 N–H and O–H groups in total. The molecule has 2 heterocycles. The number of hydrogen-bond acceptors (Lipinski definition) is 3. The molecule has 0 unspecified atom stereocenters. The van der Waals surface area contributed by atoms with Crippen LogP contribution < -0.4 is 10.7 Å². The molecule has 33 heavy (non-hydrogen) atoms. The Hall–Kier alpha value is -4.39. The first-order chi connectivity index (χ1) is 16.0. The first-order valence-corrected chi connectivity index (χ1v) is 10.6. The summed E-state index contributed by atoms with van der Waals surface area (Å²) in [5.74, 6) is -1.03. The van der Waals surface area contributed by atoms with E-state index in [-0.39, 0.29) is 6.54 Å². The normalized spacial score (nSPS) is 15.0. The highest BCUT2D eigenvalue weighted by molar-refractivity contribution is 6.10. The van der Waals surface area contributed by atoms with Crippen LogP contribution in [0.1, 0.15) is 16.8 Å². The van der Waals surface area contributed by atoms with Crippen molar-refractivity contribution in [3.8, 4) is 0 Å². The van der Waals surface area contributed by atoms with Crippen molar-refractivity contribution in [2.45, 2.75) is 19.0 Å². The SMILES string of the molecule is Cc1cc2ccccc2n1CC(=O)NN1C(=O)NC(c2ccccc2)(c2ccccc2)C1=O. The van der Waals surface area contributed by atoms with Gasteiger partial charge in [0.15, 0.2) is 5.54 Å². The Labute approximate surface area is 190 Å². The maximum absolute atomic E-state index is 13.7. The third-order valence-corrected chi connectivity index (χ3v) is 5.99. The third kappa shape index (κ3) is 3.34. The molecule has 7 heteroatoms. The van der Waals surface area contributed by atoms with Crippen molar-refractivity contribution < 1.29 is 14.4 Å². The number of amides is 4. The molecule has 164 valence electrons. The number of urea groups is 1. The zero-order valence-electron chi connectivity index (χ0n) is 18.0. The van der Waals surface area contributed by atoms with Gasteiger partial charge in [0.25, 0.3) is 11.8 Å². The maximum Gasteiger partial charge on any atom is 0.344 e. The Morgan fingerprint density at radius 1 is 0.879 bits per heavy atom. The van der Waals surface area contributed by atoms with Crippen molar-refractivity contribution in [1.29, 1.82) is 0 Å². The van der Waals surface area contributed by atoms with Crippen LogP contribution in [0.5, 0.6) is 0 Å². The van der Waals surface area contributed by atoms with E-state index in [4.69, 9.17) is 0 Å². The summed E-state index contributed by atoms with van der Waals surface area (Å²) in [5, 5.41) is 4.62. The van der Waals surface area contributed by atoms with Gasteiger partial charge in [0.05, 0.1) is 0 Å². The molecule has 0 spiro atoms. The second-order valence-electron chi connectivity index (χ2n) is 8.02. The minimum Gasteiger partial charge on any atom is -0.335 e. The molecule has 0 aliphatic carbocycles. The van der Waals surface area contributed by atoms with Crippen molar-refractivity contribution in [2.24, 2.45) is 0 Å². The minimum absolute atomic E-state index is 0.0277. The average molecular weight is 438 g/mol. The number of para-hydroxylation sites is 1. The van der Waals surface area contributed by atoms with E-state index >= 15 is 0 Å². The lowest BCUT2D eigenvalue weighted by molar-refractivity contribution is -0.138. The topological polar surface area (TPSA) is 83.4 Å². The smallest absolute Gasteiger partial charge is 0.335 e. The molecule has 5 rings (SSSR count). The molecule has 4 amide bonds. The van der Waals surface area contributed by atoms with E-state index < -0.39 is 23.4 Å². The fraction of sp³-hybridized carbons (Fsp3) is 0.115. The van der Waals surface area contributed by atoms with E-state index in [2.05, 4.69) is 10.7 Å². The largest absolute Gasteiger partial charge is 0.344 e. The number of benzene rings is 3. The zero-order valence-corrected chi connectivity index (χ0v) is 18.0. The van der Waals surface area contributed by atoms with Crippen LogP contribution in [0.4, 0.5) is 4.79 Å². The Morgan fingerprint density at radius 2 is 1.45 bits per heavy atom. The number of imide groups is 1. The second kappa shape index (κ2) is 7.94. The van der Waals surface area contributed by atoms with Gasteiger partial charge in [-0.2, -0.15) is 5.01 Å². The number of hydrogen-bond donors (Lipinski definition) is 2. The van der Waals surface area contributed by atoms with Crippen LogP contribution in [0.2, 0.25) is 0 Å². The van der Waals surface area contributed by atoms with E-state index in [0.29, 0.717) is 11.1 Å². The molecule has 1 aromatic heterocycles. The van der Waals surface area contributed by atoms with E-state index in [1.54, 1.807) is 48.5 Å². The fourth-order valence-electron chi connectivity index (χ4n) is 4.43. The van der Waals surface area contributed by atoms with E-state index in [1.807, 2.05) is 54.0 Å². The van der Waals surface area contributed by atoms with Gasteiger partial charge >= 0.3 is 6.03 Å². The number of carbonyl (C=O) groups excluding carboxylic acids is 3. The Balaban J connectivity index is 1.46. The highest BCUT2D eigenvalue weighted by Crippen LogP contribution is 2.35. The molecule has 3 aromatic carbocycles. The number of hydrazine groups is 1. The molecule has 1 aliphatic rings. The standard InChI is InChI=1S/C26H22N4O3/c1-18-16-19-10-8-9-15-22(19)29(18)17-23(31)28-30-24(32)26(27-25(30)33,20-11-4-2-5-12-20)21-13-6-3-7-14-21/h2-16H,17H2,1H3,(H,27,33)(H,28,31). The molecule has 1 saturated heterocycles. The number of rotatable bonds is 5. The predicted octanol–water partition coefficient (Wildman–Crippen LogP) is 3.48. The van der Waals surface area contributed by atoms with Crippen LogP contribution in [-0.2, 0) is 21.7 Å². The van der Waals surface area contributed by atoms with Crippen LogP contribution in [0.25, 0.3) is 10.9 Å². The highest BCUT2D eigenvalue weighted by atomic mass is 16.2. The molecule has 0 radical (unpaired) electrons. The number of aromatic nitrogens is 1. The maximum atomic E-state index is 13.7. The number of nitrogens with zero attached hydrogens (tertiary/aromatic N) is 2. The van der Waals surface area contributed by atoms with Crippen molar-refractivity contribution in [3.05, 3.63) is 108 Å². The Kier molecular flexibility index (Phi) is 4.94. The number of carbonyl (C=O) groups is 3. The van der Waals surface area contributed by atoms with Crippen LogP contribution >= 0.6 is 0 Å². The zero-order chi connectivity index (χ0) is 23.0. The van der Waals surface area contributed by atoms with Crippen molar-refractivity contribution in [1.82, 2.24) is 20.3 Å². The number of fused-ring (bicyclic) bond motifs is 1. The van der Waals surface area contributed by atoms with Crippen molar-refractivity contribution in [2.75, 3.05) is 0 Å². The predicted molar refractivity (Wildman–Crippen MR) is 124 cm³/mol. The summed E-state index contributed by atoms with van der Waals surface area (Å²) in [6, 6.07) is 27.1. The van der Waals surface area contributed by atoms with Crippen LogP contribution in [0.15, 0.2) is 91.0 Å². The summed E-state index contributed by atoms with van der Waals surface area (Å²) in [5.41, 5.74) is 4.12. The molecule has 1 aliphatic heterocycles. The molecule has 1 fully saturated rings. The molecular formula is C26H22N4O3. The van der Waals surface area contributed by atoms with Gasteiger partial charge in [0.2, 0.25) is 0 Å². The van der Waals surface area contributed by atoms with Gasteiger partial charge in [-0.1, -0.05) is 78.9 Å². The lowest BCUT2D eigenvalue weighted by atomic mass is 9.83. The van der Waals surface area contributed by atoms with Crippen LogP contribution in [-0.4, -0.2) is 27.4 Å². The molecule has 7 nitrogen and oxygen atoms in total. The highest BCUT2D eigenvalue weighted by Gasteiger charge is 2.54. The van der Waals surface area contributed by atoms with Gasteiger partial charge in [-0.05, 0) is 35.6 Å². The summed E-state index contributed by atoms with van der Waals surface area (Å²) in [7, 11) is 0. The van der Waals surface area contributed by atoms with Crippen LogP contribution in [0.3, 0.4) is 0 Å². The van der Waals surface area contributed by atoms with Crippen molar-refractivity contribution >= 4 is 28.7 Å². The van der Waals surface area contributed by atoms with Gasteiger partial charge in [-0.25, -0.2) is 4.79 Å². The van der Waals surface area contributed by atoms with Gasteiger partial charge < -0.3 is 9.88 Å². The third-order valence-electron chi connectivity index (χ3n) is 5.99. The van der Waals surface area contributed by atoms with Gasteiger partial charge in [-0.15, -0.1) is 0 Å². The summed E-state index contributed by atoms with van der Waals surface area (Å²) in [6.45, 7) is 1.89.